The standard InChI is InChI=1S/C15H19N3O4/c19-12-6-4-5-11(15(12)22)9-16-17-13(20)10-18-8-3-1-2-7-14(18)21/h4-6,9,19,22H,1-3,7-8,10H2,(H,17,20)/b16-9+. The molecular weight excluding hydrogens is 286 g/mol. The van der Waals surface area contributed by atoms with E-state index in [0.29, 0.717) is 13.0 Å². The SMILES string of the molecule is O=C(CN1CCCCCC1=O)N/N=C/c1cccc(O)c1O. The van der Waals surface area contributed by atoms with Crippen LogP contribution in [0.4, 0.5) is 0 Å². The average Bonchev–Trinajstić information content (AvgIpc) is 2.69. The molecule has 2 rings (SSSR count). The molecule has 0 spiro atoms. The summed E-state index contributed by atoms with van der Waals surface area (Å²) in [4.78, 5) is 25.1. The molecule has 0 bridgehead atoms. The predicted molar refractivity (Wildman–Crippen MR) is 80.6 cm³/mol. The van der Waals surface area contributed by atoms with E-state index >= 15 is 0 Å². The van der Waals surface area contributed by atoms with Gasteiger partial charge < -0.3 is 15.1 Å². The lowest BCUT2D eigenvalue weighted by molar-refractivity contribution is -0.135. The van der Waals surface area contributed by atoms with Crippen molar-refractivity contribution in [3.63, 3.8) is 0 Å². The number of nitrogens with zero attached hydrogens (tertiary/aromatic N) is 2. The number of likely N-dealkylation sites (tertiary alicyclic amines) is 1. The number of hydrogen-bond acceptors (Lipinski definition) is 5. The van der Waals surface area contributed by atoms with Crippen LogP contribution in [0.1, 0.15) is 31.2 Å². The number of benzene rings is 1. The topological polar surface area (TPSA) is 102 Å². The Morgan fingerprint density at radius 1 is 1.32 bits per heavy atom. The van der Waals surface area contributed by atoms with E-state index in [1.165, 1.54) is 17.2 Å². The van der Waals surface area contributed by atoms with Crippen LogP contribution >= 0.6 is 0 Å². The van der Waals surface area contributed by atoms with E-state index in [2.05, 4.69) is 10.5 Å². The maximum Gasteiger partial charge on any atom is 0.259 e. The molecule has 0 aliphatic carbocycles. The van der Waals surface area contributed by atoms with Crippen molar-refractivity contribution >= 4 is 18.0 Å². The molecule has 0 aromatic heterocycles. The first kappa shape index (κ1) is 15.8. The predicted octanol–water partition coefficient (Wildman–Crippen LogP) is 0.950. The fourth-order valence-electron chi connectivity index (χ4n) is 2.24. The molecule has 2 amide bonds. The van der Waals surface area contributed by atoms with Crippen LogP contribution in [0.2, 0.25) is 0 Å². The molecule has 1 fully saturated rings. The van der Waals surface area contributed by atoms with E-state index in [9.17, 15) is 19.8 Å². The van der Waals surface area contributed by atoms with Gasteiger partial charge in [-0.25, -0.2) is 5.43 Å². The van der Waals surface area contributed by atoms with Crippen LogP contribution in [0, 0.1) is 0 Å². The smallest absolute Gasteiger partial charge is 0.259 e. The lowest BCUT2D eigenvalue weighted by Gasteiger charge is -2.18. The molecule has 1 saturated heterocycles. The lowest BCUT2D eigenvalue weighted by Crippen LogP contribution is -2.39. The van der Waals surface area contributed by atoms with Crippen molar-refractivity contribution in [3.05, 3.63) is 23.8 Å². The van der Waals surface area contributed by atoms with Gasteiger partial charge in [0.25, 0.3) is 5.91 Å². The fraction of sp³-hybridized carbons (Fsp3) is 0.400. The van der Waals surface area contributed by atoms with Crippen LogP contribution < -0.4 is 5.43 Å². The van der Waals surface area contributed by atoms with E-state index in [4.69, 9.17) is 0 Å². The minimum atomic E-state index is -0.397. The van der Waals surface area contributed by atoms with Crippen LogP contribution in [-0.2, 0) is 9.59 Å². The Kier molecular flexibility index (Phi) is 5.35. The number of carbonyl (C=O) groups is 2. The van der Waals surface area contributed by atoms with Gasteiger partial charge >= 0.3 is 0 Å². The minimum Gasteiger partial charge on any atom is -0.504 e. The third-order valence-electron chi connectivity index (χ3n) is 3.44. The molecule has 1 aliphatic heterocycles. The average molecular weight is 305 g/mol. The summed E-state index contributed by atoms with van der Waals surface area (Å²) in [5.74, 6) is -0.970. The molecule has 1 aromatic rings. The first-order valence-corrected chi connectivity index (χ1v) is 7.18. The number of phenolic OH excluding ortho intramolecular Hbond substituents is 2. The first-order valence-electron chi connectivity index (χ1n) is 7.18. The zero-order valence-corrected chi connectivity index (χ0v) is 12.2. The second-order valence-electron chi connectivity index (χ2n) is 5.13. The van der Waals surface area contributed by atoms with Crippen molar-refractivity contribution in [2.45, 2.75) is 25.7 Å². The van der Waals surface area contributed by atoms with Crippen molar-refractivity contribution in [1.82, 2.24) is 10.3 Å². The van der Waals surface area contributed by atoms with E-state index in [1.54, 1.807) is 12.1 Å². The number of rotatable bonds is 4. The quantitative estimate of drug-likeness (QED) is 0.438. The first-order chi connectivity index (χ1) is 10.6. The number of phenols is 2. The summed E-state index contributed by atoms with van der Waals surface area (Å²) >= 11 is 0. The highest BCUT2D eigenvalue weighted by Gasteiger charge is 2.18. The fourth-order valence-corrected chi connectivity index (χ4v) is 2.24. The number of hydrazone groups is 1. The number of aromatic hydroxyl groups is 2. The Morgan fingerprint density at radius 3 is 2.95 bits per heavy atom. The Hall–Kier alpha value is -2.57. The summed E-state index contributed by atoms with van der Waals surface area (Å²) < 4.78 is 0. The number of hydrogen-bond donors (Lipinski definition) is 3. The molecule has 0 unspecified atom stereocenters. The molecular formula is C15H19N3O4. The van der Waals surface area contributed by atoms with E-state index in [0.717, 1.165) is 19.3 Å². The van der Waals surface area contributed by atoms with Gasteiger partial charge in [0.05, 0.1) is 6.21 Å². The zero-order chi connectivity index (χ0) is 15.9. The molecule has 0 radical (unpaired) electrons. The third kappa shape index (κ3) is 4.21. The van der Waals surface area contributed by atoms with Gasteiger partial charge in [-0.05, 0) is 25.0 Å². The summed E-state index contributed by atoms with van der Waals surface area (Å²) in [6.07, 6.45) is 4.48. The Balaban J connectivity index is 1.88. The highest BCUT2D eigenvalue weighted by Crippen LogP contribution is 2.26. The third-order valence-corrected chi connectivity index (χ3v) is 3.44. The Morgan fingerprint density at radius 2 is 2.14 bits per heavy atom. The molecule has 7 nitrogen and oxygen atoms in total. The van der Waals surface area contributed by atoms with Gasteiger partial charge in [0.1, 0.15) is 6.54 Å². The highest BCUT2D eigenvalue weighted by atomic mass is 16.3. The number of nitrogens with one attached hydrogen (secondary N) is 1. The molecule has 1 aromatic carbocycles. The Labute approximate surface area is 128 Å². The maximum atomic E-state index is 11.8. The normalized spacial score (nSPS) is 15.8. The van der Waals surface area contributed by atoms with Crippen LogP contribution in [0.15, 0.2) is 23.3 Å². The molecule has 118 valence electrons. The van der Waals surface area contributed by atoms with Gasteiger partial charge in [-0.15, -0.1) is 0 Å². The van der Waals surface area contributed by atoms with E-state index < -0.39 is 5.91 Å². The number of para-hydroxylation sites is 1. The van der Waals surface area contributed by atoms with Crippen molar-refractivity contribution in [2.24, 2.45) is 5.10 Å². The molecule has 1 aliphatic rings. The Bertz CT molecular complexity index is 586. The summed E-state index contributed by atoms with van der Waals surface area (Å²) in [5, 5.41) is 22.6. The summed E-state index contributed by atoms with van der Waals surface area (Å²) in [7, 11) is 0. The van der Waals surface area contributed by atoms with Gasteiger partial charge in [-0.3, -0.25) is 9.59 Å². The largest absolute Gasteiger partial charge is 0.504 e. The second-order valence-corrected chi connectivity index (χ2v) is 5.13. The summed E-state index contributed by atoms with van der Waals surface area (Å²) in [6, 6.07) is 4.44. The molecule has 3 N–H and O–H groups in total. The van der Waals surface area contributed by atoms with Crippen molar-refractivity contribution in [3.8, 4) is 11.5 Å². The molecule has 0 atom stereocenters. The molecule has 22 heavy (non-hydrogen) atoms. The number of amides is 2. The summed E-state index contributed by atoms with van der Waals surface area (Å²) in [5.41, 5.74) is 2.59. The highest BCUT2D eigenvalue weighted by molar-refractivity contribution is 5.88. The molecule has 7 heteroatoms. The maximum absolute atomic E-state index is 11.8. The lowest BCUT2D eigenvalue weighted by atomic mass is 10.2. The van der Waals surface area contributed by atoms with Crippen LogP contribution in [0.3, 0.4) is 0 Å². The summed E-state index contributed by atoms with van der Waals surface area (Å²) in [6.45, 7) is 0.561. The van der Waals surface area contributed by atoms with Crippen molar-refractivity contribution in [2.75, 3.05) is 13.1 Å². The second kappa shape index (κ2) is 7.44. The van der Waals surface area contributed by atoms with E-state index in [1.807, 2.05) is 0 Å². The van der Waals surface area contributed by atoms with Crippen LogP contribution in [0.25, 0.3) is 0 Å². The molecule has 1 heterocycles. The monoisotopic (exact) mass is 305 g/mol. The van der Waals surface area contributed by atoms with Crippen molar-refractivity contribution < 1.29 is 19.8 Å². The van der Waals surface area contributed by atoms with Gasteiger partial charge in [0.2, 0.25) is 5.91 Å². The number of carbonyl (C=O) groups excluding carboxylic acids is 2. The zero-order valence-electron chi connectivity index (χ0n) is 12.2. The van der Waals surface area contributed by atoms with Crippen LogP contribution in [-0.4, -0.2) is 46.2 Å². The molecule has 0 saturated carbocycles. The van der Waals surface area contributed by atoms with Crippen molar-refractivity contribution in [1.29, 1.82) is 0 Å². The van der Waals surface area contributed by atoms with Gasteiger partial charge in [-0.1, -0.05) is 12.5 Å². The van der Waals surface area contributed by atoms with Crippen LogP contribution in [0.5, 0.6) is 11.5 Å². The van der Waals surface area contributed by atoms with Gasteiger partial charge in [0, 0.05) is 18.5 Å². The van der Waals surface area contributed by atoms with Gasteiger partial charge in [0.15, 0.2) is 11.5 Å². The minimum absolute atomic E-state index is 0.0118. The van der Waals surface area contributed by atoms with Gasteiger partial charge in [-0.2, -0.15) is 5.10 Å². The van der Waals surface area contributed by atoms with E-state index in [-0.39, 0.29) is 29.5 Å².